The molecule has 0 saturated carbocycles. The molecule has 0 aliphatic carbocycles. The van der Waals surface area contributed by atoms with Crippen molar-refractivity contribution in [3.63, 3.8) is 0 Å². The van der Waals surface area contributed by atoms with Crippen molar-refractivity contribution in [3.05, 3.63) is 63.9 Å². The van der Waals surface area contributed by atoms with Gasteiger partial charge in [-0.1, -0.05) is 23.1 Å². The number of carbonyl (C=O) groups excluding carboxylic acids is 1. The van der Waals surface area contributed by atoms with E-state index in [9.17, 15) is 9.18 Å². The Labute approximate surface area is 157 Å². The summed E-state index contributed by atoms with van der Waals surface area (Å²) in [5.41, 5.74) is 1.31. The Morgan fingerprint density at radius 1 is 1.24 bits per heavy atom. The lowest BCUT2D eigenvalue weighted by atomic mass is 10.1. The second-order valence-corrected chi connectivity index (χ2v) is 7.81. The number of thioether (sulfide) groups is 1. The molecule has 0 bridgehead atoms. The van der Waals surface area contributed by atoms with Crippen molar-refractivity contribution in [2.45, 2.75) is 4.34 Å². The van der Waals surface area contributed by atoms with Crippen molar-refractivity contribution >= 4 is 41.1 Å². The minimum absolute atomic E-state index is 0.00195. The summed E-state index contributed by atoms with van der Waals surface area (Å²) >= 11 is 7.95. The fourth-order valence-electron chi connectivity index (χ4n) is 2.05. The van der Waals surface area contributed by atoms with Gasteiger partial charge in [0, 0.05) is 5.56 Å². The molecule has 0 amide bonds. The van der Waals surface area contributed by atoms with Gasteiger partial charge in [-0.2, -0.15) is 0 Å². The first kappa shape index (κ1) is 17.8. The molecule has 2 aromatic carbocycles. The molecule has 0 atom stereocenters. The summed E-state index contributed by atoms with van der Waals surface area (Å²) in [6.45, 7) is 0. The van der Waals surface area contributed by atoms with Gasteiger partial charge in [0.2, 0.25) is 0 Å². The molecule has 0 radical (unpaired) electrons. The number of hydrogen-bond donors (Lipinski definition) is 0. The third-order valence-corrected chi connectivity index (χ3v) is 5.70. The number of nitrogens with zero attached hydrogens (tertiary/aromatic N) is 2. The first-order chi connectivity index (χ1) is 12.1. The van der Waals surface area contributed by atoms with E-state index >= 15 is 0 Å². The zero-order chi connectivity index (χ0) is 17.8. The van der Waals surface area contributed by atoms with Crippen LogP contribution in [-0.4, -0.2) is 28.4 Å². The predicted octanol–water partition coefficient (Wildman–Crippen LogP) is 4.79. The minimum atomic E-state index is -0.315. The Balaban J connectivity index is 1.69. The molecule has 4 nitrogen and oxygen atoms in total. The van der Waals surface area contributed by atoms with E-state index in [-0.39, 0.29) is 17.4 Å². The predicted molar refractivity (Wildman–Crippen MR) is 100 cm³/mol. The Morgan fingerprint density at radius 3 is 2.56 bits per heavy atom. The van der Waals surface area contributed by atoms with E-state index in [1.807, 2.05) is 0 Å². The highest BCUT2D eigenvalue weighted by Gasteiger charge is 2.11. The van der Waals surface area contributed by atoms with Crippen LogP contribution < -0.4 is 4.74 Å². The van der Waals surface area contributed by atoms with Gasteiger partial charge in [0.25, 0.3) is 0 Å². The van der Waals surface area contributed by atoms with Crippen LogP contribution in [0.5, 0.6) is 5.75 Å². The van der Waals surface area contributed by atoms with E-state index in [0.29, 0.717) is 25.3 Å². The maximum atomic E-state index is 13.0. The smallest absolute Gasteiger partial charge is 0.184 e. The van der Waals surface area contributed by atoms with Gasteiger partial charge in [0.1, 0.15) is 11.6 Å². The number of Topliss-reactive ketones (excluding diaryl/α,β-unsaturated/α-hetero) is 1. The number of benzene rings is 2. The molecule has 0 spiro atoms. The van der Waals surface area contributed by atoms with Gasteiger partial charge < -0.3 is 4.74 Å². The zero-order valence-corrected chi connectivity index (χ0v) is 15.6. The van der Waals surface area contributed by atoms with E-state index in [1.54, 1.807) is 48.2 Å². The van der Waals surface area contributed by atoms with Gasteiger partial charge in [-0.25, -0.2) is 9.07 Å². The molecule has 0 saturated heterocycles. The zero-order valence-electron chi connectivity index (χ0n) is 13.1. The summed E-state index contributed by atoms with van der Waals surface area (Å²) < 4.78 is 20.9. The SMILES string of the molecule is COc1ccc(C(=O)CSc2nn(-c3ccc(F)cc3)c(=S)s2)cc1. The topological polar surface area (TPSA) is 44.1 Å². The molecule has 25 heavy (non-hydrogen) atoms. The molecular formula is C17H13FN2O2S3. The number of aromatic nitrogens is 2. The van der Waals surface area contributed by atoms with Crippen LogP contribution in [0.15, 0.2) is 52.9 Å². The van der Waals surface area contributed by atoms with Crippen molar-refractivity contribution < 1.29 is 13.9 Å². The van der Waals surface area contributed by atoms with Crippen LogP contribution in [0.3, 0.4) is 0 Å². The van der Waals surface area contributed by atoms with Gasteiger partial charge in [-0.15, -0.1) is 5.10 Å². The van der Waals surface area contributed by atoms with E-state index in [2.05, 4.69) is 5.10 Å². The minimum Gasteiger partial charge on any atom is -0.497 e. The first-order valence-corrected chi connectivity index (χ1v) is 9.44. The lowest BCUT2D eigenvalue weighted by Gasteiger charge is -2.02. The quantitative estimate of drug-likeness (QED) is 0.343. The van der Waals surface area contributed by atoms with Gasteiger partial charge in [0.15, 0.2) is 14.1 Å². The molecule has 3 rings (SSSR count). The number of ether oxygens (including phenoxy) is 1. The summed E-state index contributed by atoms with van der Waals surface area (Å²) in [5.74, 6) is 0.658. The number of methoxy groups -OCH3 is 1. The van der Waals surface area contributed by atoms with E-state index < -0.39 is 0 Å². The number of carbonyl (C=O) groups is 1. The summed E-state index contributed by atoms with van der Waals surface area (Å²) in [6, 6.07) is 12.9. The van der Waals surface area contributed by atoms with Crippen molar-refractivity contribution in [1.82, 2.24) is 9.78 Å². The normalized spacial score (nSPS) is 10.6. The van der Waals surface area contributed by atoms with Crippen molar-refractivity contribution in [2.75, 3.05) is 12.9 Å². The highest BCUT2D eigenvalue weighted by molar-refractivity contribution is 8.01. The number of halogens is 1. The van der Waals surface area contributed by atoms with Crippen LogP contribution in [-0.2, 0) is 0 Å². The molecular weight excluding hydrogens is 379 g/mol. The van der Waals surface area contributed by atoms with Crippen molar-refractivity contribution in [1.29, 1.82) is 0 Å². The second kappa shape index (κ2) is 7.90. The Kier molecular flexibility index (Phi) is 5.62. The van der Waals surface area contributed by atoms with Crippen LogP contribution in [0.4, 0.5) is 4.39 Å². The van der Waals surface area contributed by atoms with Gasteiger partial charge in [-0.05, 0) is 60.7 Å². The largest absolute Gasteiger partial charge is 0.497 e. The Bertz CT molecular complexity index is 934. The van der Waals surface area contributed by atoms with E-state index in [4.69, 9.17) is 17.0 Å². The summed E-state index contributed by atoms with van der Waals surface area (Å²) in [6.07, 6.45) is 0. The van der Waals surface area contributed by atoms with Crippen LogP contribution >= 0.6 is 35.3 Å². The molecule has 8 heteroatoms. The maximum Gasteiger partial charge on any atom is 0.184 e. The molecule has 1 heterocycles. The standard InChI is InChI=1S/C17H13FN2O2S3/c1-22-14-8-2-11(3-9-14)15(21)10-24-16-19-20(17(23)25-16)13-6-4-12(18)5-7-13/h2-9H,10H2,1H3. The van der Waals surface area contributed by atoms with Gasteiger partial charge in [0.05, 0.1) is 18.6 Å². The number of ketones is 1. The van der Waals surface area contributed by atoms with Crippen molar-refractivity contribution in [3.8, 4) is 11.4 Å². The first-order valence-electron chi connectivity index (χ1n) is 7.23. The number of hydrogen-bond acceptors (Lipinski definition) is 6. The summed E-state index contributed by atoms with van der Waals surface area (Å²) in [4.78, 5) is 12.3. The van der Waals surface area contributed by atoms with Crippen molar-refractivity contribution in [2.24, 2.45) is 0 Å². The fourth-order valence-corrected chi connectivity index (χ4v) is 4.31. The molecule has 0 N–H and O–H groups in total. The fraction of sp³-hybridized carbons (Fsp3) is 0.118. The monoisotopic (exact) mass is 392 g/mol. The second-order valence-electron chi connectivity index (χ2n) is 4.96. The lowest BCUT2D eigenvalue weighted by molar-refractivity contribution is 0.102. The Hall–Kier alpha value is -2.03. The average molecular weight is 393 g/mol. The molecule has 3 aromatic rings. The highest BCUT2D eigenvalue weighted by Crippen LogP contribution is 2.25. The molecule has 0 fully saturated rings. The molecule has 1 aromatic heterocycles. The summed E-state index contributed by atoms with van der Waals surface area (Å²) in [7, 11) is 1.58. The van der Waals surface area contributed by atoms with E-state index in [1.165, 1.54) is 35.2 Å². The van der Waals surface area contributed by atoms with Crippen LogP contribution in [0.2, 0.25) is 0 Å². The van der Waals surface area contributed by atoms with Gasteiger partial charge >= 0.3 is 0 Å². The van der Waals surface area contributed by atoms with Crippen LogP contribution in [0.25, 0.3) is 5.69 Å². The molecule has 128 valence electrons. The van der Waals surface area contributed by atoms with Gasteiger partial charge in [-0.3, -0.25) is 4.79 Å². The highest BCUT2D eigenvalue weighted by atomic mass is 32.2. The van der Waals surface area contributed by atoms with Crippen LogP contribution in [0, 0.1) is 9.77 Å². The third kappa shape index (κ3) is 4.33. The van der Waals surface area contributed by atoms with E-state index in [0.717, 1.165) is 0 Å². The Morgan fingerprint density at radius 2 is 1.92 bits per heavy atom. The molecule has 0 unspecified atom stereocenters. The molecule has 0 aliphatic rings. The molecule has 0 aliphatic heterocycles. The maximum absolute atomic E-state index is 13.0. The lowest BCUT2D eigenvalue weighted by Crippen LogP contribution is -2.02. The van der Waals surface area contributed by atoms with Crippen LogP contribution in [0.1, 0.15) is 10.4 Å². The third-order valence-electron chi connectivity index (χ3n) is 3.34. The average Bonchev–Trinajstić information content (AvgIpc) is 3.01. The summed E-state index contributed by atoms with van der Waals surface area (Å²) in [5, 5.41) is 4.40. The number of rotatable bonds is 6.